The van der Waals surface area contributed by atoms with E-state index in [-0.39, 0.29) is 5.78 Å². The molecule has 1 spiro atoms. The van der Waals surface area contributed by atoms with E-state index in [1.807, 2.05) is 6.92 Å². The zero-order valence-electron chi connectivity index (χ0n) is 8.64. The minimum atomic E-state index is -0.562. The number of rotatable bonds is 1. The number of carbonyl (C=O) groups excluding carboxylic acids is 1. The number of Topliss-reactive ketones (excluding diaryl/α,β-unsaturated/α-hetero) is 1. The normalized spacial score (nSPS) is 32.3. The lowest BCUT2D eigenvalue weighted by Gasteiger charge is -2.33. The molecule has 0 aliphatic carbocycles. The number of ether oxygens (including phenoxy) is 1. The second-order valence-electron chi connectivity index (χ2n) is 3.90. The number of allylic oxidation sites excluding steroid dienone is 1. The van der Waals surface area contributed by atoms with Gasteiger partial charge in [-0.2, -0.15) is 0 Å². The summed E-state index contributed by atoms with van der Waals surface area (Å²) in [4.78, 5) is 12.0. The molecule has 0 aromatic carbocycles. The Bertz CT molecular complexity index is 290. The highest BCUT2D eigenvalue weighted by Crippen LogP contribution is 2.28. The van der Waals surface area contributed by atoms with Crippen molar-refractivity contribution >= 4 is 5.78 Å². The topological polar surface area (TPSA) is 50.4 Å². The molecule has 1 unspecified atom stereocenters. The van der Waals surface area contributed by atoms with Gasteiger partial charge in [0.25, 0.3) is 0 Å². The van der Waals surface area contributed by atoms with Crippen LogP contribution in [-0.2, 0) is 9.53 Å². The van der Waals surface area contributed by atoms with Crippen LogP contribution in [0.3, 0.4) is 0 Å². The third-order valence-electron chi connectivity index (χ3n) is 2.94. The minimum absolute atomic E-state index is 0.0530. The van der Waals surface area contributed by atoms with Crippen molar-refractivity contribution in [2.45, 2.75) is 31.8 Å². The van der Waals surface area contributed by atoms with E-state index in [0.717, 1.165) is 31.5 Å². The van der Waals surface area contributed by atoms with Crippen LogP contribution in [0.5, 0.6) is 0 Å². The van der Waals surface area contributed by atoms with E-state index in [1.165, 1.54) is 0 Å². The molecule has 78 valence electrons. The third-order valence-corrected chi connectivity index (χ3v) is 2.94. The lowest BCUT2D eigenvalue weighted by molar-refractivity contribution is -0.125. The lowest BCUT2D eigenvalue weighted by atomic mass is 9.95. The molecule has 2 aliphatic heterocycles. The molecule has 1 atom stereocenters. The van der Waals surface area contributed by atoms with Crippen molar-refractivity contribution in [3.63, 3.8) is 0 Å². The van der Waals surface area contributed by atoms with Gasteiger partial charge in [0, 0.05) is 0 Å². The predicted molar refractivity (Wildman–Crippen MR) is 52.4 cm³/mol. The molecule has 0 aromatic rings. The maximum atomic E-state index is 12.0. The quantitative estimate of drug-likeness (QED) is 0.641. The highest BCUT2D eigenvalue weighted by Gasteiger charge is 2.47. The van der Waals surface area contributed by atoms with Gasteiger partial charge in [0.15, 0.2) is 11.4 Å². The van der Waals surface area contributed by atoms with E-state index in [1.54, 1.807) is 7.11 Å². The molecule has 1 fully saturated rings. The average molecular weight is 196 g/mol. The largest absolute Gasteiger partial charge is 0.491 e. The summed E-state index contributed by atoms with van der Waals surface area (Å²) >= 11 is 0. The van der Waals surface area contributed by atoms with Crippen LogP contribution in [0.1, 0.15) is 26.2 Å². The Kier molecular flexibility index (Phi) is 2.23. The van der Waals surface area contributed by atoms with Gasteiger partial charge in [-0.25, -0.2) is 0 Å². The van der Waals surface area contributed by atoms with Crippen molar-refractivity contribution in [1.82, 2.24) is 10.6 Å². The predicted octanol–water partition coefficient (Wildman–Crippen LogP) is 0.506. The van der Waals surface area contributed by atoms with Crippen molar-refractivity contribution in [3.8, 4) is 0 Å². The van der Waals surface area contributed by atoms with Crippen LogP contribution in [0.2, 0.25) is 0 Å². The molecule has 0 amide bonds. The maximum Gasteiger partial charge on any atom is 0.239 e. The van der Waals surface area contributed by atoms with Gasteiger partial charge in [-0.3, -0.25) is 10.1 Å². The Morgan fingerprint density at radius 2 is 2.21 bits per heavy atom. The van der Waals surface area contributed by atoms with Gasteiger partial charge in [-0.05, 0) is 32.7 Å². The summed E-state index contributed by atoms with van der Waals surface area (Å²) in [5.41, 5.74) is 0.278. The Labute approximate surface area is 83.7 Å². The molecule has 14 heavy (non-hydrogen) atoms. The van der Waals surface area contributed by atoms with Crippen molar-refractivity contribution in [2.75, 3.05) is 13.7 Å². The van der Waals surface area contributed by atoms with Crippen LogP contribution < -0.4 is 10.6 Å². The Morgan fingerprint density at radius 1 is 1.43 bits per heavy atom. The molecule has 4 heteroatoms. The summed E-state index contributed by atoms with van der Waals surface area (Å²) in [6, 6.07) is 0. The van der Waals surface area contributed by atoms with Crippen LogP contribution >= 0.6 is 0 Å². The van der Waals surface area contributed by atoms with Crippen LogP contribution in [0.4, 0.5) is 0 Å². The van der Waals surface area contributed by atoms with Gasteiger partial charge in [0.05, 0.1) is 12.8 Å². The molecular formula is C10H16N2O2. The first-order valence-corrected chi connectivity index (χ1v) is 5.02. The van der Waals surface area contributed by atoms with E-state index < -0.39 is 5.66 Å². The van der Waals surface area contributed by atoms with Gasteiger partial charge in [0.2, 0.25) is 5.78 Å². The average Bonchev–Trinajstić information content (AvgIpc) is 2.40. The number of nitrogens with one attached hydrogen (secondary N) is 2. The molecule has 0 radical (unpaired) electrons. The van der Waals surface area contributed by atoms with E-state index in [0.29, 0.717) is 5.76 Å². The second-order valence-corrected chi connectivity index (χ2v) is 3.90. The van der Waals surface area contributed by atoms with E-state index in [4.69, 9.17) is 4.74 Å². The first kappa shape index (κ1) is 9.52. The van der Waals surface area contributed by atoms with E-state index in [9.17, 15) is 4.79 Å². The number of carbonyl (C=O) groups is 1. The monoisotopic (exact) mass is 196 g/mol. The van der Waals surface area contributed by atoms with Crippen molar-refractivity contribution in [3.05, 3.63) is 11.5 Å². The van der Waals surface area contributed by atoms with Gasteiger partial charge in [0.1, 0.15) is 0 Å². The van der Waals surface area contributed by atoms with Gasteiger partial charge < -0.3 is 10.1 Å². The zero-order valence-corrected chi connectivity index (χ0v) is 8.64. The van der Waals surface area contributed by atoms with E-state index in [2.05, 4.69) is 10.6 Å². The first-order valence-electron chi connectivity index (χ1n) is 5.02. The molecule has 2 heterocycles. The molecule has 0 aromatic heterocycles. The molecule has 0 bridgehead atoms. The van der Waals surface area contributed by atoms with Crippen molar-refractivity contribution < 1.29 is 9.53 Å². The lowest BCUT2D eigenvalue weighted by Crippen LogP contribution is -2.60. The summed E-state index contributed by atoms with van der Waals surface area (Å²) in [7, 11) is 1.54. The number of piperidine rings is 1. The zero-order chi connectivity index (χ0) is 10.2. The van der Waals surface area contributed by atoms with Gasteiger partial charge in [-0.1, -0.05) is 0 Å². The fraction of sp³-hybridized carbons (Fsp3) is 0.700. The molecule has 2 N–H and O–H groups in total. The SMILES string of the molecule is COC1=C(C)NC2(CCCCN2)C1=O. The molecular weight excluding hydrogens is 180 g/mol. The van der Waals surface area contributed by atoms with Gasteiger partial charge in [-0.15, -0.1) is 0 Å². The second kappa shape index (κ2) is 3.28. The highest BCUT2D eigenvalue weighted by atomic mass is 16.5. The Balaban J connectivity index is 2.23. The van der Waals surface area contributed by atoms with Crippen molar-refractivity contribution in [1.29, 1.82) is 0 Å². The molecule has 2 rings (SSSR count). The van der Waals surface area contributed by atoms with E-state index >= 15 is 0 Å². The smallest absolute Gasteiger partial charge is 0.239 e. The van der Waals surface area contributed by atoms with Crippen molar-refractivity contribution in [2.24, 2.45) is 0 Å². The number of ketones is 1. The minimum Gasteiger partial charge on any atom is -0.491 e. The van der Waals surface area contributed by atoms with Crippen LogP contribution in [0, 0.1) is 0 Å². The Hall–Kier alpha value is -1.03. The summed E-state index contributed by atoms with van der Waals surface area (Å²) in [6.45, 7) is 2.77. The number of methoxy groups -OCH3 is 1. The standard InChI is InChI=1S/C10H16N2O2/c1-7-8(14-2)9(13)10(12-7)5-3-4-6-11-10/h11-12H,3-6H2,1-2H3. The van der Waals surface area contributed by atoms with Crippen LogP contribution in [0.25, 0.3) is 0 Å². The number of hydrogen-bond donors (Lipinski definition) is 2. The fourth-order valence-corrected chi connectivity index (χ4v) is 2.25. The maximum absolute atomic E-state index is 12.0. The highest BCUT2D eigenvalue weighted by molar-refractivity contribution is 6.04. The molecule has 1 saturated heterocycles. The van der Waals surface area contributed by atoms with Gasteiger partial charge >= 0.3 is 0 Å². The van der Waals surface area contributed by atoms with Crippen LogP contribution in [-0.4, -0.2) is 25.1 Å². The summed E-state index contributed by atoms with van der Waals surface area (Å²) < 4.78 is 5.09. The summed E-state index contributed by atoms with van der Waals surface area (Å²) in [6.07, 6.45) is 3.06. The molecule has 0 saturated carbocycles. The Morgan fingerprint density at radius 3 is 2.71 bits per heavy atom. The summed E-state index contributed by atoms with van der Waals surface area (Å²) in [5.74, 6) is 0.525. The summed E-state index contributed by atoms with van der Waals surface area (Å²) in [5, 5.41) is 6.47. The number of hydrogen-bond acceptors (Lipinski definition) is 4. The molecule has 2 aliphatic rings. The third kappa shape index (κ3) is 1.21. The van der Waals surface area contributed by atoms with Crippen LogP contribution in [0.15, 0.2) is 11.5 Å². The fourth-order valence-electron chi connectivity index (χ4n) is 2.25. The first-order chi connectivity index (χ1) is 6.69. The molecule has 4 nitrogen and oxygen atoms in total.